The second-order valence-electron chi connectivity index (χ2n) is 1.72. The third-order valence-electron chi connectivity index (χ3n) is 1.14. The SMILES string of the molecule is C1=CN2C=CNN2N=C1. The minimum atomic E-state index is 1.62. The smallest absolute Gasteiger partial charge is 0.0527 e. The van der Waals surface area contributed by atoms with Crippen LogP contribution in [0.4, 0.5) is 0 Å². The van der Waals surface area contributed by atoms with Gasteiger partial charge in [-0.2, -0.15) is 0 Å². The van der Waals surface area contributed by atoms with Crippen LogP contribution in [0.25, 0.3) is 0 Å². The fourth-order valence-electron chi connectivity index (χ4n) is 0.740. The Balaban J connectivity index is 2.25. The zero-order valence-corrected chi connectivity index (χ0v) is 4.73. The lowest BCUT2D eigenvalue weighted by Crippen LogP contribution is -2.35. The predicted octanol–water partition coefficient (Wildman–Crippen LogP) is 0.00790. The molecule has 46 valence electrons. The van der Waals surface area contributed by atoms with Crippen LogP contribution >= 0.6 is 0 Å². The van der Waals surface area contributed by atoms with E-state index in [4.69, 9.17) is 0 Å². The molecule has 9 heavy (non-hydrogen) atoms. The van der Waals surface area contributed by atoms with Gasteiger partial charge in [-0.15, -0.1) is 10.3 Å². The second-order valence-corrected chi connectivity index (χ2v) is 1.72. The molecule has 2 heterocycles. The Morgan fingerprint density at radius 2 is 2.33 bits per heavy atom. The number of hydrogen-bond donors (Lipinski definition) is 1. The van der Waals surface area contributed by atoms with Crippen LogP contribution in [0.15, 0.2) is 29.8 Å². The van der Waals surface area contributed by atoms with Gasteiger partial charge >= 0.3 is 0 Å². The van der Waals surface area contributed by atoms with Gasteiger partial charge in [-0.3, -0.25) is 5.43 Å². The van der Waals surface area contributed by atoms with E-state index in [0.717, 1.165) is 0 Å². The summed E-state index contributed by atoms with van der Waals surface area (Å²) in [5.74, 6) is 0. The number of hydrogen-bond acceptors (Lipinski definition) is 4. The molecule has 2 aliphatic rings. The summed E-state index contributed by atoms with van der Waals surface area (Å²) in [6.45, 7) is 0. The highest BCUT2D eigenvalue weighted by Crippen LogP contribution is 2.05. The Labute approximate surface area is 52.7 Å². The topological polar surface area (TPSA) is 30.9 Å². The maximum absolute atomic E-state index is 3.97. The largest absolute Gasteiger partial charge is 0.268 e. The number of allylic oxidation sites excluding steroid dienone is 1. The van der Waals surface area contributed by atoms with Gasteiger partial charge in [0.25, 0.3) is 0 Å². The molecule has 0 unspecified atom stereocenters. The molecule has 0 atom stereocenters. The van der Waals surface area contributed by atoms with E-state index >= 15 is 0 Å². The van der Waals surface area contributed by atoms with Crippen molar-refractivity contribution >= 4 is 6.21 Å². The summed E-state index contributed by atoms with van der Waals surface area (Å²) in [6, 6.07) is 0. The summed E-state index contributed by atoms with van der Waals surface area (Å²) < 4.78 is 0. The molecule has 2 rings (SSSR count). The van der Waals surface area contributed by atoms with E-state index in [1.165, 1.54) is 0 Å². The lowest BCUT2D eigenvalue weighted by atomic mass is 10.6. The molecule has 0 amide bonds. The highest BCUT2D eigenvalue weighted by molar-refractivity contribution is 5.71. The van der Waals surface area contributed by atoms with Gasteiger partial charge in [0.15, 0.2) is 0 Å². The Morgan fingerprint density at radius 3 is 3.22 bits per heavy atom. The van der Waals surface area contributed by atoms with E-state index in [1.807, 2.05) is 29.7 Å². The van der Waals surface area contributed by atoms with Crippen molar-refractivity contribution in [2.45, 2.75) is 0 Å². The van der Waals surface area contributed by atoms with E-state index in [-0.39, 0.29) is 0 Å². The second kappa shape index (κ2) is 1.51. The predicted molar refractivity (Wildman–Crippen MR) is 33.6 cm³/mol. The van der Waals surface area contributed by atoms with Gasteiger partial charge in [-0.05, 0) is 6.08 Å². The van der Waals surface area contributed by atoms with Crippen LogP contribution in [0, 0.1) is 0 Å². The molecule has 4 nitrogen and oxygen atoms in total. The monoisotopic (exact) mass is 122 g/mol. The van der Waals surface area contributed by atoms with Crippen molar-refractivity contribution in [1.82, 2.24) is 15.7 Å². The van der Waals surface area contributed by atoms with Crippen LogP contribution in [0.3, 0.4) is 0 Å². The van der Waals surface area contributed by atoms with Crippen molar-refractivity contribution in [3.05, 3.63) is 24.7 Å². The maximum atomic E-state index is 3.97. The molecule has 0 radical (unpaired) electrons. The summed E-state index contributed by atoms with van der Waals surface area (Å²) >= 11 is 0. The third kappa shape index (κ3) is 0.561. The van der Waals surface area contributed by atoms with Crippen LogP contribution in [0.2, 0.25) is 0 Å². The van der Waals surface area contributed by atoms with Gasteiger partial charge in [0, 0.05) is 18.6 Å². The molecule has 0 saturated carbocycles. The summed E-state index contributed by atoms with van der Waals surface area (Å²) in [4.78, 5) is 0. The Bertz CT molecular complexity index is 193. The van der Waals surface area contributed by atoms with Crippen LogP contribution in [0.1, 0.15) is 0 Å². The van der Waals surface area contributed by atoms with Gasteiger partial charge in [-0.1, -0.05) is 0 Å². The van der Waals surface area contributed by atoms with E-state index in [2.05, 4.69) is 10.5 Å². The average molecular weight is 122 g/mol. The lowest BCUT2D eigenvalue weighted by Gasteiger charge is -2.22. The summed E-state index contributed by atoms with van der Waals surface area (Å²) in [6.07, 6.45) is 9.19. The quantitative estimate of drug-likeness (QED) is 0.491. The minimum absolute atomic E-state index is 1.62. The molecule has 0 saturated heterocycles. The third-order valence-corrected chi connectivity index (χ3v) is 1.14. The number of rotatable bonds is 0. The molecule has 0 aromatic heterocycles. The number of nitrogens with zero attached hydrogens (tertiary/aromatic N) is 3. The average Bonchev–Trinajstić information content (AvgIpc) is 2.33. The molecule has 0 spiro atoms. The van der Waals surface area contributed by atoms with Gasteiger partial charge in [0.05, 0.1) is 6.21 Å². The molecule has 1 N–H and O–H groups in total. The molecule has 2 aliphatic heterocycles. The van der Waals surface area contributed by atoms with E-state index in [9.17, 15) is 0 Å². The van der Waals surface area contributed by atoms with Crippen molar-refractivity contribution in [1.29, 1.82) is 0 Å². The van der Waals surface area contributed by atoms with E-state index in [1.54, 1.807) is 11.4 Å². The van der Waals surface area contributed by atoms with Crippen molar-refractivity contribution in [2.24, 2.45) is 5.10 Å². The standard InChI is InChI=1S/C5H6N4/c1-2-6-9-7-3-5-8(9)4-1/h1-5,7H. The van der Waals surface area contributed by atoms with Gasteiger partial charge < -0.3 is 0 Å². The first-order valence-electron chi connectivity index (χ1n) is 2.69. The number of hydrazine groups is 2. The first-order chi connectivity index (χ1) is 4.47. The van der Waals surface area contributed by atoms with Crippen molar-refractivity contribution in [3.63, 3.8) is 0 Å². The number of nitrogens with one attached hydrogen (secondary N) is 1. The summed E-state index contributed by atoms with van der Waals surface area (Å²) in [5.41, 5.74) is 2.89. The lowest BCUT2D eigenvalue weighted by molar-refractivity contribution is 0.0528. The normalized spacial score (nSPS) is 20.4. The zero-order chi connectivity index (χ0) is 6.10. The fraction of sp³-hybridized carbons (Fsp3) is 0. The van der Waals surface area contributed by atoms with Crippen LogP contribution < -0.4 is 5.43 Å². The van der Waals surface area contributed by atoms with Gasteiger partial charge in [0.1, 0.15) is 0 Å². The molecule has 4 heteroatoms. The van der Waals surface area contributed by atoms with E-state index < -0.39 is 0 Å². The van der Waals surface area contributed by atoms with Crippen LogP contribution in [-0.4, -0.2) is 16.5 Å². The van der Waals surface area contributed by atoms with Crippen LogP contribution in [-0.2, 0) is 0 Å². The van der Waals surface area contributed by atoms with Crippen molar-refractivity contribution < 1.29 is 0 Å². The first kappa shape index (κ1) is 4.43. The van der Waals surface area contributed by atoms with Gasteiger partial charge in [0.2, 0.25) is 0 Å². The highest BCUT2D eigenvalue weighted by atomic mass is 15.9. The Morgan fingerprint density at radius 1 is 1.33 bits per heavy atom. The fourth-order valence-corrected chi connectivity index (χ4v) is 0.740. The minimum Gasteiger partial charge on any atom is -0.268 e. The Hall–Kier alpha value is -1.45. The summed E-state index contributed by atoms with van der Waals surface area (Å²) in [5, 5.41) is 7.42. The molecule has 0 bridgehead atoms. The molecule has 0 aromatic carbocycles. The zero-order valence-electron chi connectivity index (χ0n) is 4.73. The molecular formula is C5H6N4. The van der Waals surface area contributed by atoms with E-state index in [0.29, 0.717) is 0 Å². The molecule has 0 fully saturated rings. The Kier molecular flexibility index (Phi) is 0.745. The number of fused-ring (bicyclic) bond motifs is 1. The molecule has 0 aliphatic carbocycles. The number of hydrazone groups is 1. The summed E-state index contributed by atoms with van der Waals surface area (Å²) in [7, 11) is 0. The van der Waals surface area contributed by atoms with Gasteiger partial charge in [-0.25, -0.2) is 5.01 Å². The molecular weight excluding hydrogens is 116 g/mol. The van der Waals surface area contributed by atoms with Crippen molar-refractivity contribution in [3.8, 4) is 0 Å². The highest BCUT2D eigenvalue weighted by Gasteiger charge is 2.10. The first-order valence-corrected chi connectivity index (χ1v) is 2.69. The van der Waals surface area contributed by atoms with Crippen molar-refractivity contribution in [2.75, 3.05) is 0 Å². The molecule has 0 aromatic rings. The van der Waals surface area contributed by atoms with Crippen LogP contribution in [0.5, 0.6) is 0 Å². The maximum Gasteiger partial charge on any atom is 0.0527 e.